The van der Waals surface area contributed by atoms with Gasteiger partial charge in [-0.05, 0) is 24.3 Å². The third-order valence-electron chi connectivity index (χ3n) is 4.65. The van der Waals surface area contributed by atoms with E-state index < -0.39 is 0 Å². The molecular formula is C22H23ClN4O3. The van der Waals surface area contributed by atoms with E-state index in [0.29, 0.717) is 46.9 Å². The average molecular weight is 427 g/mol. The van der Waals surface area contributed by atoms with Crippen molar-refractivity contribution in [3.8, 4) is 17.3 Å². The van der Waals surface area contributed by atoms with Crippen LogP contribution in [0.4, 0.5) is 5.82 Å². The van der Waals surface area contributed by atoms with Crippen LogP contribution in [-0.2, 0) is 5.41 Å². The normalized spacial score (nSPS) is 13.6. The summed E-state index contributed by atoms with van der Waals surface area (Å²) < 4.78 is 13.0. The van der Waals surface area contributed by atoms with Crippen LogP contribution >= 0.6 is 11.6 Å². The molecule has 3 aromatic rings. The van der Waals surface area contributed by atoms with Gasteiger partial charge in [0.15, 0.2) is 17.3 Å². The predicted octanol–water partition coefficient (Wildman–Crippen LogP) is 4.63. The summed E-state index contributed by atoms with van der Waals surface area (Å²) in [5.41, 5.74) is 1.01. The van der Waals surface area contributed by atoms with E-state index in [1.807, 2.05) is 24.3 Å². The Hall–Kier alpha value is -3.06. The Labute approximate surface area is 180 Å². The molecule has 1 amide bonds. The molecule has 1 aliphatic heterocycles. The number of anilines is 1. The van der Waals surface area contributed by atoms with Crippen molar-refractivity contribution in [3.63, 3.8) is 0 Å². The highest BCUT2D eigenvalue weighted by atomic mass is 35.5. The van der Waals surface area contributed by atoms with Crippen molar-refractivity contribution in [3.05, 3.63) is 58.9 Å². The molecule has 0 unspecified atom stereocenters. The molecule has 4 rings (SSSR count). The van der Waals surface area contributed by atoms with Gasteiger partial charge in [-0.15, -0.1) is 0 Å². The standard InChI is InChI=1S/C22H23ClN4O3/c1-22(2,3)17-13-19(27(26-17)18-7-4-5-8-24-18)25-21(28)14-11-15(23)20-16(12-14)29-9-6-10-30-20/h4-5,7-8,11-13H,6,9-10H2,1-3H3,(H,25,28). The third-order valence-corrected chi connectivity index (χ3v) is 4.93. The van der Waals surface area contributed by atoms with Crippen LogP contribution in [-0.4, -0.2) is 33.9 Å². The lowest BCUT2D eigenvalue weighted by molar-refractivity contribution is 0.102. The first kappa shape index (κ1) is 20.2. The van der Waals surface area contributed by atoms with Crippen LogP contribution in [0.25, 0.3) is 5.82 Å². The molecule has 1 aliphatic rings. The average Bonchev–Trinajstić information content (AvgIpc) is 2.99. The zero-order valence-corrected chi connectivity index (χ0v) is 17.9. The molecule has 2 aromatic heterocycles. The maximum absolute atomic E-state index is 13.1. The summed E-state index contributed by atoms with van der Waals surface area (Å²) in [5.74, 6) is 1.75. The highest BCUT2D eigenvalue weighted by molar-refractivity contribution is 6.32. The minimum absolute atomic E-state index is 0.196. The van der Waals surface area contributed by atoms with Gasteiger partial charge in [-0.2, -0.15) is 9.78 Å². The number of amides is 1. The number of carbonyl (C=O) groups is 1. The molecule has 0 radical (unpaired) electrons. The van der Waals surface area contributed by atoms with Crippen molar-refractivity contribution < 1.29 is 14.3 Å². The summed E-state index contributed by atoms with van der Waals surface area (Å²) in [6, 6.07) is 10.6. The first-order valence-electron chi connectivity index (χ1n) is 9.75. The Bertz CT molecular complexity index is 1070. The van der Waals surface area contributed by atoms with Gasteiger partial charge in [0.2, 0.25) is 0 Å². The van der Waals surface area contributed by atoms with Crippen molar-refractivity contribution in [2.24, 2.45) is 0 Å². The van der Waals surface area contributed by atoms with Crippen molar-refractivity contribution in [2.45, 2.75) is 32.6 Å². The van der Waals surface area contributed by atoms with Crippen LogP contribution in [0.3, 0.4) is 0 Å². The van der Waals surface area contributed by atoms with Crippen molar-refractivity contribution in [1.82, 2.24) is 14.8 Å². The number of halogens is 1. The van der Waals surface area contributed by atoms with Crippen molar-refractivity contribution >= 4 is 23.3 Å². The zero-order chi connectivity index (χ0) is 21.3. The molecule has 0 aliphatic carbocycles. The molecule has 30 heavy (non-hydrogen) atoms. The molecule has 0 bridgehead atoms. The minimum atomic E-state index is -0.329. The molecule has 0 saturated heterocycles. The highest BCUT2D eigenvalue weighted by Crippen LogP contribution is 2.38. The Kier molecular flexibility index (Phi) is 5.39. The van der Waals surface area contributed by atoms with E-state index in [1.54, 1.807) is 23.0 Å². The Morgan fingerprint density at radius 3 is 2.70 bits per heavy atom. The van der Waals surface area contributed by atoms with Gasteiger partial charge in [0.1, 0.15) is 5.82 Å². The predicted molar refractivity (Wildman–Crippen MR) is 115 cm³/mol. The lowest BCUT2D eigenvalue weighted by atomic mass is 9.92. The van der Waals surface area contributed by atoms with Crippen LogP contribution in [0.1, 0.15) is 43.2 Å². The maximum atomic E-state index is 13.1. The van der Waals surface area contributed by atoms with Gasteiger partial charge < -0.3 is 14.8 Å². The van der Waals surface area contributed by atoms with Crippen LogP contribution in [0, 0.1) is 0 Å². The number of pyridine rings is 1. The van der Waals surface area contributed by atoms with Crippen molar-refractivity contribution in [1.29, 1.82) is 0 Å². The summed E-state index contributed by atoms with van der Waals surface area (Å²) in [5, 5.41) is 7.94. The van der Waals surface area contributed by atoms with Gasteiger partial charge in [-0.25, -0.2) is 4.98 Å². The molecule has 8 heteroatoms. The first-order chi connectivity index (χ1) is 14.3. The van der Waals surface area contributed by atoms with E-state index in [1.165, 1.54) is 0 Å². The van der Waals surface area contributed by atoms with Crippen molar-refractivity contribution in [2.75, 3.05) is 18.5 Å². The lowest BCUT2D eigenvalue weighted by Gasteiger charge is -2.13. The maximum Gasteiger partial charge on any atom is 0.257 e. The van der Waals surface area contributed by atoms with Crippen LogP contribution < -0.4 is 14.8 Å². The van der Waals surface area contributed by atoms with Gasteiger partial charge in [-0.3, -0.25) is 4.79 Å². The molecule has 0 saturated carbocycles. The summed E-state index contributed by atoms with van der Waals surface area (Å²) in [6.45, 7) is 7.22. The van der Waals surface area contributed by atoms with Gasteiger partial charge in [-0.1, -0.05) is 38.4 Å². The molecule has 156 valence electrons. The van der Waals surface area contributed by atoms with E-state index >= 15 is 0 Å². The number of rotatable bonds is 3. The fourth-order valence-electron chi connectivity index (χ4n) is 3.04. The highest BCUT2D eigenvalue weighted by Gasteiger charge is 2.23. The second kappa shape index (κ2) is 7.99. The number of aromatic nitrogens is 3. The fourth-order valence-corrected chi connectivity index (χ4v) is 3.31. The smallest absolute Gasteiger partial charge is 0.257 e. The first-order valence-corrected chi connectivity index (χ1v) is 10.1. The Morgan fingerprint density at radius 1 is 1.17 bits per heavy atom. The fraction of sp³-hybridized carbons (Fsp3) is 0.318. The SMILES string of the molecule is CC(C)(C)c1cc(NC(=O)c2cc(Cl)c3c(c2)OCCCO3)n(-c2ccccn2)n1. The summed E-state index contributed by atoms with van der Waals surface area (Å²) in [4.78, 5) is 17.4. The third kappa shape index (κ3) is 4.11. The van der Waals surface area contributed by atoms with Crippen LogP contribution in [0.15, 0.2) is 42.6 Å². The van der Waals surface area contributed by atoms with Crippen LogP contribution in [0.2, 0.25) is 5.02 Å². The number of benzene rings is 1. The largest absolute Gasteiger partial charge is 0.489 e. The number of hydrogen-bond donors (Lipinski definition) is 1. The van der Waals surface area contributed by atoms with Gasteiger partial charge in [0.05, 0.1) is 23.9 Å². The zero-order valence-electron chi connectivity index (χ0n) is 17.1. The lowest BCUT2D eigenvalue weighted by Crippen LogP contribution is -2.16. The van der Waals surface area contributed by atoms with E-state index in [9.17, 15) is 4.79 Å². The Balaban J connectivity index is 1.69. The molecule has 0 fully saturated rings. The topological polar surface area (TPSA) is 78.3 Å². The number of hydrogen-bond acceptors (Lipinski definition) is 5. The molecule has 1 aromatic carbocycles. The summed E-state index contributed by atoms with van der Waals surface area (Å²) in [6.07, 6.45) is 2.44. The quantitative estimate of drug-likeness (QED) is 0.660. The number of fused-ring (bicyclic) bond motifs is 1. The molecule has 1 N–H and O–H groups in total. The van der Waals surface area contributed by atoms with E-state index in [2.05, 4.69) is 36.2 Å². The van der Waals surface area contributed by atoms with Gasteiger partial charge in [0.25, 0.3) is 5.91 Å². The molecule has 3 heterocycles. The van der Waals surface area contributed by atoms with E-state index in [4.69, 9.17) is 21.1 Å². The summed E-state index contributed by atoms with van der Waals surface area (Å²) in [7, 11) is 0. The van der Waals surface area contributed by atoms with E-state index in [-0.39, 0.29) is 11.3 Å². The Morgan fingerprint density at radius 2 is 1.97 bits per heavy atom. The molecule has 0 atom stereocenters. The minimum Gasteiger partial charge on any atom is -0.489 e. The second-order valence-electron chi connectivity index (χ2n) is 8.05. The number of nitrogens with zero attached hydrogens (tertiary/aromatic N) is 3. The second-order valence-corrected chi connectivity index (χ2v) is 8.46. The molecule has 7 nitrogen and oxygen atoms in total. The number of carbonyl (C=O) groups excluding carboxylic acids is 1. The van der Waals surface area contributed by atoms with E-state index in [0.717, 1.165) is 12.1 Å². The van der Waals surface area contributed by atoms with Crippen LogP contribution in [0.5, 0.6) is 11.5 Å². The number of ether oxygens (including phenoxy) is 2. The molecule has 0 spiro atoms. The summed E-state index contributed by atoms with van der Waals surface area (Å²) >= 11 is 6.35. The van der Waals surface area contributed by atoms with Gasteiger partial charge in [0, 0.05) is 29.7 Å². The van der Waals surface area contributed by atoms with Gasteiger partial charge >= 0.3 is 0 Å². The monoisotopic (exact) mass is 426 g/mol. The number of nitrogens with one attached hydrogen (secondary N) is 1. The molecular weight excluding hydrogens is 404 g/mol.